The van der Waals surface area contributed by atoms with Crippen LogP contribution in [0.1, 0.15) is 39.4 Å². The summed E-state index contributed by atoms with van der Waals surface area (Å²) in [4.78, 5) is 32.3. The number of Topliss-reactive ketones (excluding diaryl/α,β-unsaturated/α-hetero) is 1. The molecule has 0 atom stereocenters. The molecule has 2 N–H and O–H groups in total. The summed E-state index contributed by atoms with van der Waals surface area (Å²) in [6, 6.07) is 10.2. The van der Waals surface area contributed by atoms with E-state index in [1.54, 1.807) is 38.1 Å². The number of rotatable bonds is 5. The average molecular weight is 351 g/mol. The molecule has 1 aromatic carbocycles. The van der Waals surface area contributed by atoms with Crippen molar-refractivity contribution in [2.45, 2.75) is 20.8 Å². The molecule has 0 aliphatic carbocycles. The van der Waals surface area contributed by atoms with Gasteiger partial charge in [0.05, 0.1) is 0 Å². The van der Waals surface area contributed by atoms with E-state index in [4.69, 9.17) is 4.52 Å². The molecule has 0 aliphatic rings. The second-order valence-electron chi connectivity index (χ2n) is 5.72. The lowest BCUT2D eigenvalue weighted by atomic mass is 10.1. The van der Waals surface area contributed by atoms with E-state index in [1.165, 1.54) is 13.0 Å². The Labute approximate surface area is 149 Å². The normalized spacial score (nSPS) is 10.4. The van der Waals surface area contributed by atoms with Gasteiger partial charge in [-0.3, -0.25) is 9.59 Å². The first-order valence-electron chi connectivity index (χ1n) is 7.89. The number of nitrogens with one attached hydrogen (secondary N) is 2. The zero-order valence-corrected chi connectivity index (χ0v) is 14.5. The molecule has 0 unspecified atom stereocenters. The zero-order valence-electron chi connectivity index (χ0n) is 14.5. The zero-order chi connectivity index (χ0) is 18.7. The second-order valence-corrected chi connectivity index (χ2v) is 5.72. The van der Waals surface area contributed by atoms with E-state index in [0.717, 1.165) is 0 Å². The number of carbonyl (C=O) groups is 2. The van der Waals surface area contributed by atoms with Crippen molar-refractivity contribution in [3.8, 4) is 0 Å². The van der Waals surface area contributed by atoms with Crippen LogP contribution in [0, 0.1) is 13.8 Å². The van der Waals surface area contributed by atoms with Crippen LogP contribution in [0.25, 0.3) is 0 Å². The van der Waals surface area contributed by atoms with Crippen molar-refractivity contribution in [2.24, 2.45) is 0 Å². The van der Waals surface area contributed by atoms with Gasteiger partial charge >= 0.3 is 0 Å². The topological polar surface area (TPSA) is 110 Å². The number of aromatic nitrogens is 3. The monoisotopic (exact) mass is 351 g/mol. The van der Waals surface area contributed by atoms with Crippen molar-refractivity contribution in [3.63, 3.8) is 0 Å². The highest BCUT2D eigenvalue weighted by molar-refractivity contribution is 6.02. The van der Waals surface area contributed by atoms with Crippen molar-refractivity contribution in [3.05, 3.63) is 59.2 Å². The fourth-order valence-electron chi connectivity index (χ4n) is 2.32. The van der Waals surface area contributed by atoms with E-state index < -0.39 is 5.91 Å². The number of benzene rings is 1. The first-order valence-corrected chi connectivity index (χ1v) is 7.89. The van der Waals surface area contributed by atoms with Crippen LogP contribution < -0.4 is 10.6 Å². The number of aryl methyl sites for hydroxylation is 2. The van der Waals surface area contributed by atoms with Gasteiger partial charge in [-0.2, -0.15) is 0 Å². The Hall–Kier alpha value is -3.55. The van der Waals surface area contributed by atoms with Crippen molar-refractivity contribution in [1.29, 1.82) is 0 Å². The average Bonchev–Trinajstić information content (AvgIpc) is 2.99. The van der Waals surface area contributed by atoms with Crippen LogP contribution in [0.15, 0.2) is 40.9 Å². The minimum absolute atomic E-state index is 0.0320. The van der Waals surface area contributed by atoms with Gasteiger partial charge in [-0.1, -0.05) is 17.3 Å². The third-order valence-corrected chi connectivity index (χ3v) is 3.48. The van der Waals surface area contributed by atoms with E-state index in [1.807, 2.05) is 6.07 Å². The minimum Gasteiger partial charge on any atom is -0.360 e. The van der Waals surface area contributed by atoms with Gasteiger partial charge < -0.3 is 15.2 Å². The molecular weight excluding hydrogens is 334 g/mol. The molecule has 0 saturated heterocycles. The lowest BCUT2D eigenvalue weighted by molar-refractivity contribution is 0.101. The van der Waals surface area contributed by atoms with E-state index >= 15 is 0 Å². The molecule has 3 rings (SSSR count). The first kappa shape index (κ1) is 17.3. The van der Waals surface area contributed by atoms with Crippen LogP contribution in [0.2, 0.25) is 0 Å². The third kappa shape index (κ3) is 4.10. The maximum absolute atomic E-state index is 12.4. The van der Waals surface area contributed by atoms with Crippen molar-refractivity contribution >= 4 is 29.0 Å². The molecule has 0 saturated carbocycles. The van der Waals surface area contributed by atoms with Gasteiger partial charge in [-0.05, 0) is 32.9 Å². The van der Waals surface area contributed by atoms with Crippen molar-refractivity contribution in [2.75, 3.05) is 10.6 Å². The summed E-state index contributed by atoms with van der Waals surface area (Å²) in [6.07, 6.45) is 0. The lowest BCUT2D eigenvalue weighted by Crippen LogP contribution is -2.15. The SMILES string of the molecule is CC(=O)c1cccc(Nc2cc(C(=O)Nc3cc(C)on3)nc(C)n2)c1. The first-order chi connectivity index (χ1) is 12.4. The summed E-state index contributed by atoms with van der Waals surface area (Å²) in [5.74, 6) is 1.32. The highest BCUT2D eigenvalue weighted by Gasteiger charge is 2.13. The molecule has 132 valence electrons. The Bertz CT molecular complexity index is 980. The summed E-state index contributed by atoms with van der Waals surface area (Å²) >= 11 is 0. The highest BCUT2D eigenvalue weighted by Crippen LogP contribution is 2.18. The molecule has 0 bridgehead atoms. The maximum atomic E-state index is 12.4. The smallest absolute Gasteiger partial charge is 0.275 e. The molecule has 26 heavy (non-hydrogen) atoms. The van der Waals surface area contributed by atoms with Gasteiger partial charge in [0.1, 0.15) is 23.1 Å². The predicted octanol–water partition coefficient (Wildman–Crippen LogP) is 3.28. The Morgan fingerprint density at radius 1 is 1.04 bits per heavy atom. The van der Waals surface area contributed by atoms with Gasteiger partial charge in [0.25, 0.3) is 5.91 Å². The Kier molecular flexibility index (Phi) is 4.74. The van der Waals surface area contributed by atoms with Crippen LogP contribution in [-0.2, 0) is 0 Å². The molecule has 0 aliphatic heterocycles. The van der Waals surface area contributed by atoms with Gasteiger partial charge in [-0.15, -0.1) is 0 Å². The summed E-state index contributed by atoms with van der Waals surface area (Å²) in [5.41, 5.74) is 1.46. The molecule has 2 heterocycles. The van der Waals surface area contributed by atoms with E-state index in [-0.39, 0.29) is 11.5 Å². The van der Waals surface area contributed by atoms with Crippen LogP contribution in [0.5, 0.6) is 0 Å². The van der Waals surface area contributed by atoms with Crippen LogP contribution in [0.3, 0.4) is 0 Å². The highest BCUT2D eigenvalue weighted by atomic mass is 16.5. The number of amides is 1. The quantitative estimate of drug-likeness (QED) is 0.679. The molecule has 0 radical (unpaired) electrons. The molecule has 8 heteroatoms. The van der Waals surface area contributed by atoms with E-state index in [9.17, 15) is 9.59 Å². The van der Waals surface area contributed by atoms with Gasteiger partial charge in [0.2, 0.25) is 0 Å². The molecule has 8 nitrogen and oxygen atoms in total. The Morgan fingerprint density at radius 2 is 1.85 bits per heavy atom. The number of anilines is 3. The maximum Gasteiger partial charge on any atom is 0.275 e. The third-order valence-electron chi connectivity index (χ3n) is 3.48. The minimum atomic E-state index is -0.427. The predicted molar refractivity (Wildman–Crippen MR) is 95.7 cm³/mol. The van der Waals surface area contributed by atoms with Gasteiger partial charge in [0.15, 0.2) is 11.6 Å². The van der Waals surface area contributed by atoms with Crippen molar-refractivity contribution < 1.29 is 14.1 Å². The summed E-state index contributed by atoms with van der Waals surface area (Å²) in [5, 5.41) is 9.42. The summed E-state index contributed by atoms with van der Waals surface area (Å²) in [6.45, 7) is 4.92. The fraction of sp³-hybridized carbons (Fsp3) is 0.167. The Balaban J connectivity index is 1.82. The Morgan fingerprint density at radius 3 is 2.54 bits per heavy atom. The van der Waals surface area contributed by atoms with Crippen LogP contribution >= 0.6 is 0 Å². The van der Waals surface area contributed by atoms with Gasteiger partial charge in [-0.25, -0.2) is 9.97 Å². The number of carbonyl (C=O) groups excluding carboxylic acids is 2. The van der Waals surface area contributed by atoms with E-state index in [0.29, 0.717) is 34.5 Å². The summed E-state index contributed by atoms with van der Waals surface area (Å²) < 4.78 is 4.92. The summed E-state index contributed by atoms with van der Waals surface area (Å²) in [7, 11) is 0. The molecule has 0 fully saturated rings. The lowest BCUT2D eigenvalue weighted by Gasteiger charge is -2.09. The number of hydrogen-bond acceptors (Lipinski definition) is 7. The molecule has 1 amide bonds. The molecule has 0 spiro atoms. The van der Waals surface area contributed by atoms with Gasteiger partial charge in [0, 0.05) is 23.4 Å². The molecule has 2 aromatic heterocycles. The standard InChI is InChI=1S/C18H17N5O3/c1-10-7-17(23-26-10)22-18(25)15-9-16(20-12(3)19-15)21-14-6-4-5-13(8-14)11(2)24/h4-9H,1-3H3,(H,19,20,21)(H,22,23,25). The van der Waals surface area contributed by atoms with E-state index in [2.05, 4.69) is 25.8 Å². The largest absolute Gasteiger partial charge is 0.360 e. The molecule has 3 aromatic rings. The van der Waals surface area contributed by atoms with Crippen LogP contribution in [0.4, 0.5) is 17.3 Å². The number of hydrogen-bond donors (Lipinski definition) is 2. The van der Waals surface area contributed by atoms with Crippen LogP contribution in [-0.4, -0.2) is 26.8 Å². The van der Waals surface area contributed by atoms with Crippen molar-refractivity contribution in [1.82, 2.24) is 15.1 Å². The fourth-order valence-corrected chi connectivity index (χ4v) is 2.32. The molecular formula is C18H17N5O3. The second kappa shape index (κ2) is 7.14. The number of nitrogens with zero attached hydrogens (tertiary/aromatic N) is 3. The number of ketones is 1.